The Balaban J connectivity index is 1.66. The fourth-order valence-corrected chi connectivity index (χ4v) is 5.31. The number of aromatic amines is 1. The number of fused-ring (bicyclic) bond motifs is 3. The number of nitrogens with two attached hydrogens (primary N) is 1. The number of pyridine rings is 2. The van der Waals surface area contributed by atoms with E-state index in [0.717, 1.165) is 46.6 Å². The van der Waals surface area contributed by atoms with E-state index in [4.69, 9.17) is 5.73 Å². The van der Waals surface area contributed by atoms with Gasteiger partial charge in [0.2, 0.25) is 0 Å². The van der Waals surface area contributed by atoms with Crippen LogP contribution in [0.5, 0.6) is 0 Å². The van der Waals surface area contributed by atoms with Gasteiger partial charge < -0.3 is 15.3 Å². The molecule has 0 saturated carbocycles. The molecule has 0 unspecified atom stereocenters. The summed E-state index contributed by atoms with van der Waals surface area (Å²) in [6.07, 6.45) is 4.76. The van der Waals surface area contributed by atoms with E-state index >= 15 is 0 Å². The second-order valence-electron chi connectivity index (χ2n) is 9.00. The van der Waals surface area contributed by atoms with E-state index in [1.807, 2.05) is 34.9 Å². The smallest absolute Gasteiger partial charge is 0.255 e. The molecule has 6 heteroatoms. The number of hydrogen-bond donors (Lipinski definition) is 2. The van der Waals surface area contributed by atoms with Gasteiger partial charge in [0.15, 0.2) is 5.78 Å². The minimum absolute atomic E-state index is 0.0954. The lowest BCUT2D eigenvalue weighted by molar-refractivity contribution is 0.101. The number of nitrogen functional groups attached to an aromatic ring is 1. The van der Waals surface area contributed by atoms with Crippen LogP contribution in [-0.2, 0) is 19.4 Å². The maximum Gasteiger partial charge on any atom is 0.255 e. The zero-order chi connectivity index (χ0) is 23.4. The zero-order valence-corrected chi connectivity index (χ0v) is 18.9. The molecule has 0 saturated heterocycles. The van der Waals surface area contributed by atoms with Gasteiger partial charge in [-0.3, -0.25) is 9.59 Å². The molecular weight excluding hydrogens is 424 g/mol. The summed E-state index contributed by atoms with van der Waals surface area (Å²) in [5, 5.41) is 1.92. The molecule has 1 aliphatic carbocycles. The van der Waals surface area contributed by atoms with Crippen molar-refractivity contribution in [2.24, 2.45) is 0 Å². The van der Waals surface area contributed by atoms with Crippen LogP contribution in [0.1, 0.15) is 40.5 Å². The fraction of sp³-hybridized carbons (Fsp3) is 0.179. The van der Waals surface area contributed by atoms with Gasteiger partial charge in [0.05, 0.1) is 17.8 Å². The molecule has 1 aliphatic rings. The second-order valence-corrected chi connectivity index (χ2v) is 9.00. The summed E-state index contributed by atoms with van der Waals surface area (Å²) in [4.78, 5) is 33.3. The predicted molar refractivity (Wildman–Crippen MR) is 135 cm³/mol. The lowest BCUT2D eigenvalue weighted by atomic mass is 9.99. The summed E-state index contributed by atoms with van der Waals surface area (Å²) in [6, 6.07) is 17.8. The number of anilines is 1. The van der Waals surface area contributed by atoms with Crippen LogP contribution in [0.3, 0.4) is 0 Å². The largest absolute Gasteiger partial charge is 0.383 e. The molecule has 168 valence electrons. The number of nitrogens with one attached hydrogen (secondary N) is 1. The number of carbonyl (C=O) groups excluding carboxylic acids is 1. The lowest BCUT2D eigenvalue weighted by Crippen LogP contribution is -2.13. The fourth-order valence-electron chi connectivity index (χ4n) is 5.31. The molecule has 0 bridgehead atoms. The van der Waals surface area contributed by atoms with E-state index in [9.17, 15) is 9.59 Å². The highest BCUT2D eigenvalue weighted by Crippen LogP contribution is 2.38. The van der Waals surface area contributed by atoms with Crippen molar-refractivity contribution in [3.63, 3.8) is 0 Å². The first kappa shape index (κ1) is 20.4. The maximum atomic E-state index is 13.1. The van der Waals surface area contributed by atoms with Gasteiger partial charge in [-0.2, -0.15) is 0 Å². The first-order valence-corrected chi connectivity index (χ1v) is 11.5. The number of benzene rings is 2. The number of ketones is 1. The van der Waals surface area contributed by atoms with Crippen molar-refractivity contribution < 1.29 is 4.79 Å². The zero-order valence-electron chi connectivity index (χ0n) is 18.9. The molecular formula is C28H24N4O2. The molecule has 3 N–H and O–H groups in total. The van der Waals surface area contributed by atoms with E-state index in [0.29, 0.717) is 29.2 Å². The SMILES string of the molecule is CC(=O)c1c(-c2ccc[nH]c2=O)c2cc3c(cc2n1Cc1cc2ccccc2nc1N)CCC3. The van der Waals surface area contributed by atoms with Crippen LogP contribution in [-0.4, -0.2) is 20.3 Å². The molecule has 5 aromatic rings. The minimum atomic E-state index is -0.212. The number of aromatic nitrogens is 3. The molecule has 6 rings (SSSR count). The quantitative estimate of drug-likeness (QED) is 0.384. The molecule has 2 aromatic carbocycles. The average molecular weight is 449 g/mol. The van der Waals surface area contributed by atoms with Gasteiger partial charge in [-0.15, -0.1) is 0 Å². The van der Waals surface area contributed by atoms with Crippen LogP contribution in [0.15, 0.2) is 65.6 Å². The van der Waals surface area contributed by atoms with Crippen molar-refractivity contribution in [1.29, 1.82) is 0 Å². The molecule has 3 aromatic heterocycles. The first-order valence-electron chi connectivity index (χ1n) is 11.5. The van der Waals surface area contributed by atoms with Crippen molar-refractivity contribution in [1.82, 2.24) is 14.5 Å². The average Bonchev–Trinajstić information content (AvgIpc) is 3.40. The van der Waals surface area contributed by atoms with E-state index in [1.165, 1.54) is 11.1 Å². The number of rotatable bonds is 4. The van der Waals surface area contributed by atoms with Gasteiger partial charge >= 0.3 is 0 Å². The summed E-state index contributed by atoms with van der Waals surface area (Å²) < 4.78 is 2.01. The molecule has 3 heterocycles. The first-order chi connectivity index (χ1) is 16.5. The third-order valence-corrected chi connectivity index (χ3v) is 6.86. The standard InChI is InChI=1S/C28H24N4O2/c1-16(33)26-25(21-9-5-11-30-28(21)34)22-13-17-7-4-8-18(17)14-24(22)32(26)15-20-12-19-6-2-3-10-23(19)31-27(20)29/h2-3,5-6,9-14H,4,7-8,15H2,1H3,(H2,29,31)(H,30,34). The summed E-state index contributed by atoms with van der Waals surface area (Å²) in [5.41, 5.74) is 13.1. The number of para-hydroxylation sites is 1. The molecule has 6 nitrogen and oxygen atoms in total. The van der Waals surface area contributed by atoms with E-state index in [-0.39, 0.29) is 11.3 Å². The van der Waals surface area contributed by atoms with Crippen LogP contribution in [0.25, 0.3) is 32.9 Å². The van der Waals surface area contributed by atoms with Crippen LogP contribution in [0.4, 0.5) is 5.82 Å². The van der Waals surface area contributed by atoms with Gasteiger partial charge in [-0.05, 0) is 66.8 Å². The third-order valence-electron chi connectivity index (χ3n) is 6.86. The van der Waals surface area contributed by atoms with Gasteiger partial charge in [-0.25, -0.2) is 4.98 Å². The third kappa shape index (κ3) is 3.14. The number of H-pyrrole nitrogens is 1. The van der Waals surface area contributed by atoms with E-state index in [1.54, 1.807) is 25.3 Å². The predicted octanol–water partition coefficient (Wildman–Crippen LogP) is 4.87. The monoisotopic (exact) mass is 448 g/mol. The lowest BCUT2D eigenvalue weighted by Gasteiger charge is -2.13. The normalized spacial score (nSPS) is 13.0. The molecule has 0 amide bonds. The van der Waals surface area contributed by atoms with Crippen LogP contribution < -0.4 is 11.3 Å². The highest BCUT2D eigenvalue weighted by molar-refractivity contribution is 6.10. The molecule has 0 aliphatic heterocycles. The second kappa shape index (κ2) is 7.70. The molecule has 0 spiro atoms. The number of carbonyl (C=O) groups is 1. The Kier molecular flexibility index (Phi) is 4.62. The van der Waals surface area contributed by atoms with Crippen molar-refractivity contribution in [2.45, 2.75) is 32.7 Å². The number of nitrogens with zero attached hydrogens (tertiary/aromatic N) is 2. The Morgan fingerprint density at radius 3 is 2.68 bits per heavy atom. The Bertz CT molecular complexity index is 1680. The summed E-state index contributed by atoms with van der Waals surface area (Å²) >= 11 is 0. The number of aryl methyl sites for hydroxylation is 2. The van der Waals surface area contributed by atoms with Crippen LogP contribution in [0, 0.1) is 0 Å². The van der Waals surface area contributed by atoms with E-state index < -0.39 is 0 Å². The van der Waals surface area contributed by atoms with Crippen LogP contribution >= 0.6 is 0 Å². The Labute approximate surface area is 196 Å². The summed E-state index contributed by atoms with van der Waals surface area (Å²) in [7, 11) is 0. The van der Waals surface area contributed by atoms with Gasteiger partial charge in [-0.1, -0.05) is 18.2 Å². The highest BCUT2D eigenvalue weighted by Gasteiger charge is 2.26. The van der Waals surface area contributed by atoms with Gasteiger partial charge in [0.25, 0.3) is 5.56 Å². The van der Waals surface area contributed by atoms with Crippen molar-refractivity contribution in [3.05, 3.63) is 93.5 Å². The van der Waals surface area contributed by atoms with Crippen molar-refractivity contribution >= 4 is 33.4 Å². The molecule has 34 heavy (non-hydrogen) atoms. The molecule has 0 fully saturated rings. The molecule has 0 atom stereocenters. The summed E-state index contributed by atoms with van der Waals surface area (Å²) in [5.74, 6) is 0.345. The number of Topliss-reactive ketones (excluding diaryl/α,β-unsaturated/α-hetero) is 1. The Morgan fingerprint density at radius 1 is 1.09 bits per heavy atom. The topological polar surface area (TPSA) is 93.8 Å². The van der Waals surface area contributed by atoms with Gasteiger partial charge in [0.1, 0.15) is 5.82 Å². The Morgan fingerprint density at radius 2 is 1.88 bits per heavy atom. The maximum absolute atomic E-state index is 13.1. The van der Waals surface area contributed by atoms with Crippen LogP contribution in [0.2, 0.25) is 0 Å². The molecule has 0 radical (unpaired) electrons. The summed E-state index contributed by atoms with van der Waals surface area (Å²) in [6.45, 7) is 1.94. The Hall–Kier alpha value is -4.19. The van der Waals surface area contributed by atoms with Gasteiger partial charge in [0, 0.05) is 46.1 Å². The van der Waals surface area contributed by atoms with E-state index in [2.05, 4.69) is 22.1 Å². The minimum Gasteiger partial charge on any atom is -0.383 e. The highest BCUT2D eigenvalue weighted by atomic mass is 16.1. The van der Waals surface area contributed by atoms with Crippen molar-refractivity contribution in [2.75, 3.05) is 5.73 Å². The number of hydrogen-bond acceptors (Lipinski definition) is 4. The van der Waals surface area contributed by atoms with Crippen molar-refractivity contribution in [3.8, 4) is 11.1 Å².